The number of hydrogen-bond donors (Lipinski definition) is 3. The van der Waals surface area contributed by atoms with Crippen LogP contribution in [0.15, 0.2) is 0 Å². The Balaban J connectivity index is 0.000000371. The number of hydrogen-bond acceptors (Lipinski definition) is 3. The highest BCUT2D eigenvalue weighted by Crippen LogP contribution is 1.89. The molecule has 0 spiro atoms. The molecule has 3 heteroatoms. The summed E-state index contributed by atoms with van der Waals surface area (Å²) in [4.78, 5) is 0. The van der Waals surface area contributed by atoms with Gasteiger partial charge in [0.25, 0.3) is 0 Å². The fourth-order valence-electron chi connectivity index (χ4n) is 0.900. The molecule has 0 aromatic carbocycles. The molecule has 0 saturated carbocycles. The molecule has 0 aromatic heterocycles. The summed E-state index contributed by atoms with van der Waals surface area (Å²) in [6.07, 6.45) is 1.69. The molecule has 1 aliphatic heterocycles. The minimum absolute atomic E-state index is 0.659. The highest BCUT2D eigenvalue weighted by molar-refractivity contribution is 7.79. The average Bonchev–Trinajstić information content (AvgIpc) is 2.00. The van der Waals surface area contributed by atoms with Gasteiger partial charge in [-0.3, -0.25) is 0 Å². The molecule has 1 fully saturated rings. The first-order chi connectivity index (χ1) is 4.79. The lowest BCUT2D eigenvalue weighted by molar-refractivity contribution is 0.376. The predicted octanol–water partition coefficient (Wildman–Crippen LogP) is 0.502. The Morgan fingerprint density at radius 3 is 1.50 bits per heavy atom. The largest absolute Gasteiger partial charge is 0.311 e. The summed E-state index contributed by atoms with van der Waals surface area (Å²) in [5.74, 6) is 0. The summed E-state index contributed by atoms with van der Waals surface area (Å²) < 4.78 is 0. The van der Waals surface area contributed by atoms with E-state index in [0.29, 0.717) is 12.1 Å². The highest BCUT2D eigenvalue weighted by atomic mass is 32.1. The van der Waals surface area contributed by atoms with E-state index < -0.39 is 0 Å². The first kappa shape index (κ1) is 10.3. The van der Waals surface area contributed by atoms with Gasteiger partial charge in [-0.15, -0.1) is 0 Å². The van der Waals surface area contributed by atoms with Crippen molar-refractivity contribution in [3.63, 3.8) is 0 Å². The van der Waals surface area contributed by atoms with E-state index >= 15 is 0 Å². The Hall–Kier alpha value is 0.270. The lowest BCUT2D eigenvalue weighted by Gasteiger charge is -2.26. The zero-order valence-electron chi connectivity index (χ0n) is 7.02. The van der Waals surface area contributed by atoms with Gasteiger partial charge in [-0.1, -0.05) is 0 Å². The van der Waals surface area contributed by atoms with Crippen molar-refractivity contribution in [2.45, 2.75) is 25.9 Å². The molecule has 1 aliphatic rings. The van der Waals surface area contributed by atoms with Gasteiger partial charge in [0, 0.05) is 25.2 Å². The lowest BCUT2D eigenvalue weighted by Crippen LogP contribution is -2.51. The molecule has 10 heavy (non-hydrogen) atoms. The van der Waals surface area contributed by atoms with E-state index in [-0.39, 0.29) is 0 Å². The van der Waals surface area contributed by atoms with Crippen LogP contribution in [0.4, 0.5) is 0 Å². The topological polar surface area (TPSA) is 24.1 Å². The average molecular weight is 162 g/mol. The minimum Gasteiger partial charge on any atom is -0.311 e. The summed E-state index contributed by atoms with van der Waals surface area (Å²) >= 11 is 3.53. The first-order valence-electron chi connectivity index (χ1n) is 3.70. The number of nitrogens with one attached hydrogen (secondary N) is 2. The molecule has 0 radical (unpaired) electrons. The Kier molecular flexibility index (Phi) is 6.17. The monoisotopic (exact) mass is 162 g/mol. The van der Waals surface area contributed by atoms with Crippen molar-refractivity contribution in [1.82, 2.24) is 10.6 Å². The van der Waals surface area contributed by atoms with Crippen molar-refractivity contribution in [2.24, 2.45) is 0 Å². The van der Waals surface area contributed by atoms with Crippen molar-refractivity contribution in [3.8, 4) is 0 Å². The maximum atomic E-state index is 3.53. The Bertz CT molecular complexity index is 60.0. The molecule has 2 N–H and O–H groups in total. The lowest BCUT2D eigenvalue weighted by atomic mass is 10.2. The van der Waals surface area contributed by atoms with Crippen LogP contribution in [0, 0.1) is 0 Å². The zero-order chi connectivity index (χ0) is 7.98. The third kappa shape index (κ3) is 4.14. The molecule has 2 atom stereocenters. The maximum Gasteiger partial charge on any atom is 0.0164 e. The van der Waals surface area contributed by atoms with Gasteiger partial charge in [-0.2, -0.15) is 12.6 Å². The second-order valence-corrected chi connectivity index (χ2v) is 2.62. The van der Waals surface area contributed by atoms with Gasteiger partial charge in [0.2, 0.25) is 0 Å². The van der Waals surface area contributed by atoms with Crippen molar-refractivity contribution in [2.75, 3.05) is 19.3 Å². The van der Waals surface area contributed by atoms with Crippen molar-refractivity contribution < 1.29 is 0 Å². The molecule has 2 nitrogen and oxygen atoms in total. The summed E-state index contributed by atoms with van der Waals surface area (Å²) in [7, 11) is 0. The van der Waals surface area contributed by atoms with E-state index in [1.165, 1.54) is 0 Å². The Morgan fingerprint density at radius 1 is 1.00 bits per heavy atom. The molecule has 0 aliphatic carbocycles. The van der Waals surface area contributed by atoms with Gasteiger partial charge >= 0.3 is 0 Å². The molecule has 0 bridgehead atoms. The molecule has 0 aromatic rings. The molecule has 2 unspecified atom stereocenters. The third-order valence-electron chi connectivity index (χ3n) is 1.54. The normalized spacial score (nSPS) is 32.4. The van der Waals surface area contributed by atoms with Crippen LogP contribution in [0.5, 0.6) is 0 Å². The van der Waals surface area contributed by atoms with Crippen molar-refractivity contribution in [1.29, 1.82) is 0 Å². The second kappa shape index (κ2) is 6.01. The smallest absolute Gasteiger partial charge is 0.0164 e. The fraction of sp³-hybridized carbons (Fsp3) is 1.00. The van der Waals surface area contributed by atoms with Crippen molar-refractivity contribution >= 4 is 12.6 Å². The van der Waals surface area contributed by atoms with E-state index in [4.69, 9.17) is 0 Å². The Morgan fingerprint density at radius 2 is 1.30 bits per heavy atom. The van der Waals surface area contributed by atoms with Crippen molar-refractivity contribution in [3.05, 3.63) is 0 Å². The maximum absolute atomic E-state index is 3.53. The van der Waals surface area contributed by atoms with Crippen LogP contribution < -0.4 is 10.6 Å². The second-order valence-electron chi connectivity index (χ2n) is 2.62. The highest BCUT2D eigenvalue weighted by Gasteiger charge is 2.10. The molecule has 1 rings (SSSR count). The van der Waals surface area contributed by atoms with Gasteiger partial charge in [0.1, 0.15) is 0 Å². The van der Waals surface area contributed by atoms with E-state index in [9.17, 15) is 0 Å². The first-order valence-corrected chi connectivity index (χ1v) is 4.60. The predicted molar refractivity (Wildman–Crippen MR) is 49.8 cm³/mol. The number of thiol groups is 1. The zero-order valence-corrected chi connectivity index (χ0v) is 7.91. The van der Waals surface area contributed by atoms with Gasteiger partial charge in [-0.05, 0) is 20.1 Å². The van der Waals surface area contributed by atoms with E-state index in [2.05, 4.69) is 37.1 Å². The van der Waals surface area contributed by atoms with Crippen LogP contribution >= 0.6 is 12.6 Å². The van der Waals surface area contributed by atoms with Crippen LogP contribution in [-0.2, 0) is 0 Å². The summed E-state index contributed by atoms with van der Waals surface area (Å²) in [5, 5.41) is 6.74. The van der Waals surface area contributed by atoms with Gasteiger partial charge < -0.3 is 10.6 Å². The van der Waals surface area contributed by atoms with Crippen LogP contribution in [0.1, 0.15) is 13.8 Å². The third-order valence-corrected chi connectivity index (χ3v) is 1.54. The summed E-state index contributed by atoms with van der Waals surface area (Å²) in [5.41, 5.74) is 0. The molecular weight excluding hydrogens is 144 g/mol. The molecule has 62 valence electrons. The summed E-state index contributed by atoms with van der Waals surface area (Å²) in [6.45, 7) is 6.61. The Labute approximate surface area is 69.2 Å². The van der Waals surface area contributed by atoms with E-state index in [0.717, 1.165) is 13.1 Å². The van der Waals surface area contributed by atoms with Gasteiger partial charge in [-0.25, -0.2) is 0 Å². The van der Waals surface area contributed by atoms with Crippen LogP contribution in [0.3, 0.4) is 0 Å². The SMILES string of the molecule is CC1CNC(C)CN1.CS. The van der Waals surface area contributed by atoms with Crippen LogP contribution in [0.2, 0.25) is 0 Å². The molecular formula is C7H18N2S. The van der Waals surface area contributed by atoms with E-state index in [1.807, 2.05) is 0 Å². The van der Waals surface area contributed by atoms with E-state index in [1.54, 1.807) is 6.26 Å². The molecule has 1 heterocycles. The minimum atomic E-state index is 0.659. The summed E-state index contributed by atoms with van der Waals surface area (Å²) in [6, 6.07) is 1.32. The number of rotatable bonds is 0. The number of piperazine rings is 1. The molecule has 0 amide bonds. The van der Waals surface area contributed by atoms with Gasteiger partial charge in [0.05, 0.1) is 0 Å². The van der Waals surface area contributed by atoms with Crippen LogP contribution in [-0.4, -0.2) is 31.4 Å². The van der Waals surface area contributed by atoms with Gasteiger partial charge in [0.15, 0.2) is 0 Å². The fourth-order valence-corrected chi connectivity index (χ4v) is 0.900. The molecule has 1 saturated heterocycles. The van der Waals surface area contributed by atoms with Crippen LogP contribution in [0.25, 0.3) is 0 Å². The quantitative estimate of drug-likeness (QED) is 0.452. The standard InChI is InChI=1S/C6H14N2.CH4S/c1-5-3-8-6(2)4-7-5;1-2/h5-8H,3-4H2,1-2H3;2H,1H3.